The SMILES string of the molecule is CCN(CC)c1ccc(N=Cc2ccc3c(OB(c4ccccc4)c4ccccc4)c(C=Nc4ccc([N+](=O)[O-])cc4)ccc3c2OB(c2ccccc2)c2ccccc2)cc1. The first-order chi connectivity index (χ1) is 30.5. The molecule has 8 aromatic rings. The van der Waals surface area contributed by atoms with Crippen LogP contribution < -0.4 is 36.1 Å². The molecule has 8 rings (SSSR count). The van der Waals surface area contributed by atoms with Crippen molar-refractivity contribution >= 4 is 81.6 Å². The Bertz CT molecular complexity index is 2710. The molecule has 0 aliphatic carbocycles. The second-order valence-electron chi connectivity index (χ2n) is 14.7. The molecule has 0 amide bonds. The lowest BCUT2D eigenvalue weighted by Gasteiger charge is -2.23. The van der Waals surface area contributed by atoms with Crippen molar-refractivity contribution in [3.63, 3.8) is 0 Å². The number of benzene rings is 8. The molecule has 0 N–H and O–H groups in total. The molecule has 0 aliphatic rings. The molecule has 302 valence electrons. The van der Waals surface area contributed by atoms with Crippen molar-refractivity contribution in [3.8, 4) is 11.5 Å². The molecule has 8 aromatic carbocycles. The number of hydrogen-bond donors (Lipinski definition) is 0. The number of non-ortho nitro benzene ring substituents is 1. The molecule has 0 fully saturated rings. The third kappa shape index (κ3) is 9.51. The molecule has 0 heterocycles. The second-order valence-corrected chi connectivity index (χ2v) is 14.7. The van der Waals surface area contributed by atoms with E-state index in [0.29, 0.717) is 17.2 Å². The van der Waals surface area contributed by atoms with Gasteiger partial charge in [0, 0.05) is 65.2 Å². The number of rotatable bonds is 16. The Labute approximate surface area is 363 Å². The van der Waals surface area contributed by atoms with E-state index in [1.165, 1.54) is 12.1 Å². The smallest absolute Gasteiger partial charge is 0.426 e. The number of nitrogens with zero attached hydrogens (tertiary/aromatic N) is 4. The van der Waals surface area contributed by atoms with Crippen LogP contribution in [0.15, 0.2) is 204 Å². The van der Waals surface area contributed by atoms with Gasteiger partial charge in [-0.15, -0.1) is 0 Å². The van der Waals surface area contributed by atoms with Gasteiger partial charge in [-0.25, -0.2) is 0 Å². The lowest BCUT2D eigenvalue weighted by atomic mass is 9.55. The highest BCUT2D eigenvalue weighted by molar-refractivity contribution is 6.81. The van der Waals surface area contributed by atoms with E-state index in [9.17, 15) is 10.1 Å². The first-order valence-corrected chi connectivity index (χ1v) is 20.8. The Balaban J connectivity index is 1.31. The number of anilines is 1. The van der Waals surface area contributed by atoms with E-state index < -0.39 is 18.8 Å². The predicted molar refractivity (Wildman–Crippen MR) is 259 cm³/mol. The maximum atomic E-state index is 11.4. The van der Waals surface area contributed by atoms with Crippen LogP contribution in [0.1, 0.15) is 25.0 Å². The van der Waals surface area contributed by atoms with Gasteiger partial charge in [-0.05, 0) is 96.4 Å². The van der Waals surface area contributed by atoms with Gasteiger partial charge in [-0.3, -0.25) is 20.1 Å². The lowest BCUT2D eigenvalue weighted by molar-refractivity contribution is -0.384. The summed E-state index contributed by atoms with van der Waals surface area (Å²) in [6.07, 6.45) is 3.62. The maximum absolute atomic E-state index is 11.4. The van der Waals surface area contributed by atoms with Crippen molar-refractivity contribution in [2.24, 2.45) is 9.98 Å². The van der Waals surface area contributed by atoms with Gasteiger partial charge in [0.25, 0.3) is 5.69 Å². The zero-order valence-electron chi connectivity index (χ0n) is 34.6. The molecule has 0 saturated heterocycles. The van der Waals surface area contributed by atoms with Gasteiger partial charge < -0.3 is 14.2 Å². The minimum absolute atomic E-state index is 0.0000645. The summed E-state index contributed by atoms with van der Waals surface area (Å²) in [4.78, 5) is 23.0. The lowest BCUT2D eigenvalue weighted by Crippen LogP contribution is -2.48. The van der Waals surface area contributed by atoms with Crippen molar-refractivity contribution in [1.29, 1.82) is 0 Å². The largest absolute Gasteiger partial charge is 0.550 e. The molecule has 0 spiro atoms. The van der Waals surface area contributed by atoms with E-state index in [4.69, 9.17) is 19.3 Å². The Kier molecular flexibility index (Phi) is 13.0. The van der Waals surface area contributed by atoms with E-state index in [0.717, 1.165) is 68.2 Å². The number of fused-ring (bicyclic) bond motifs is 1. The standard InChI is InChI=1S/C52H44B2N4O4/c1-3-57(4-2)47-31-27-45(28-32-47)55-37-39-25-35-50-49(51(39)61-53(41-17-9-5-10-18-41)42-19-11-6-12-20-42)36-26-40(38-56-46-29-33-48(34-30-46)58(59)60)52(50)62-54(43-21-13-7-14-22-43)44-23-15-8-16-24-44/h5-38H,3-4H2,1-2H3. The predicted octanol–water partition coefficient (Wildman–Crippen LogP) is 9.46. The number of hydrogen-bond acceptors (Lipinski definition) is 7. The zero-order valence-corrected chi connectivity index (χ0v) is 34.6. The third-order valence-electron chi connectivity index (χ3n) is 10.8. The van der Waals surface area contributed by atoms with Gasteiger partial charge in [0.1, 0.15) is 11.5 Å². The molecule has 10 heteroatoms. The molecule has 0 aromatic heterocycles. The summed E-state index contributed by atoms with van der Waals surface area (Å²) in [7, 11) is 0. The van der Waals surface area contributed by atoms with Crippen molar-refractivity contribution in [2.75, 3.05) is 18.0 Å². The molecule has 0 atom stereocenters. The summed E-state index contributed by atoms with van der Waals surface area (Å²) in [6, 6.07) is 63.3. The topological polar surface area (TPSA) is 89.6 Å². The van der Waals surface area contributed by atoms with Crippen LogP contribution in [0.25, 0.3) is 10.8 Å². The van der Waals surface area contributed by atoms with E-state index in [1.54, 1.807) is 18.3 Å². The minimum atomic E-state index is -0.471. The Hall–Kier alpha value is -7.71. The quantitative estimate of drug-likeness (QED) is 0.0420. The Morgan fingerprint density at radius 1 is 0.500 bits per heavy atom. The van der Waals surface area contributed by atoms with Crippen LogP contribution in [-0.2, 0) is 0 Å². The van der Waals surface area contributed by atoms with Crippen LogP contribution in [-0.4, -0.2) is 44.3 Å². The molecule has 0 unspecified atom stereocenters. The molecular weight excluding hydrogens is 766 g/mol. The minimum Gasteiger partial charge on any atom is -0.550 e. The van der Waals surface area contributed by atoms with Crippen LogP contribution in [0.4, 0.5) is 22.7 Å². The summed E-state index contributed by atoms with van der Waals surface area (Å²) < 4.78 is 14.5. The van der Waals surface area contributed by atoms with Crippen LogP contribution >= 0.6 is 0 Å². The highest BCUT2D eigenvalue weighted by Gasteiger charge is 2.28. The molecule has 0 bridgehead atoms. The Morgan fingerprint density at radius 3 is 1.19 bits per heavy atom. The van der Waals surface area contributed by atoms with E-state index in [-0.39, 0.29) is 5.69 Å². The van der Waals surface area contributed by atoms with Crippen LogP contribution in [0.5, 0.6) is 11.5 Å². The van der Waals surface area contributed by atoms with Gasteiger partial charge in [-0.2, -0.15) is 0 Å². The fourth-order valence-corrected chi connectivity index (χ4v) is 7.54. The van der Waals surface area contributed by atoms with Gasteiger partial charge >= 0.3 is 13.8 Å². The highest BCUT2D eigenvalue weighted by atomic mass is 16.6. The van der Waals surface area contributed by atoms with E-state index in [2.05, 4.69) is 85.5 Å². The summed E-state index contributed by atoms with van der Waals surface area (Å²) in [5, 5.41) is 13.0. The van der Waals surface area contributed by atoms with E-state index >= 15 is 0 Å². The van der Waals surface area contributed by atoms with Gasteiger partial charge in [0.2, 0.25) is 0 Å². The normalized spacial score (nSPS) is 11.2. The monoisotopic (exact) mass is 810 g/mol. The molecule has 0 saturated carbocycles. The number of nitro benzene ring substituents is 1. The third-order valence-corrected chi connectivity index (χ3v) is 10.8. The van der Waals surface area contributed by atoms with Crippen LogP contribution in [0.2, 0.25) is 0 Å². The first kappa shape index (κ1) is 41.0. The number of nitro groups is 1. The maximum Gasteiger partial charge on any atom is 0.426 e. The van der Waals surface area contributed by atoms with Crippen molar-refractivity contribution < 1.29 is 14.2 Å². The molecule has 0 aliphatic heterocycles. The first-order valence-electron chi connectivity index (χ1n) is 20.8. The molecule has 0 radical (unpaired) electrons. The average molecular weight is 811 g/mol. The van der Waals surface area contributed by atoms with Crippen molar-refractivity contribution in [3.05, 3.63) is 215 Å². The zero-order chi connectivity index (χ0) is 42.7. The summed E-state index contributed by atoms with van der Waals surface area (Å²) in [5.41, 5.74) is 8.03. The van der Waals surface area contributed by atoms with E-state index in [1.807, 2.05) is 109 Å². The molecule has 62 heavy (non-hydrogen) atoms. The summed E-state index contributed by atoms with van der Waals surface area (Å²) >= 11 is 0. The van der Waals surface area contributed by atoms with Crippen molar-refractivity contribution in [1.82, 2.24) is 0 Å². The second kappa shape index (κ2) is 19.6. The van der Waals surface area contributed by atoms with Gasteiger partial charge in [0.15, 0.2) is 0 Å². The van der Waals surface area contributed by atoms with Crippen LogP contribution in [0.3, 0.4) is 0 Å². The fraction of sp³-hybridized carbons (Fsp3) is 0.0769. The van der Waals surface area contributed by atoms with Crippen molar-refractivity contribution in [2.45, 2.75) is 13.8 Å². The average Bonchev–Trinajstić information content (AvgIpc) is 3.33. The molecular formula is C52H44B2N4O4. The highest BCUT2D eigenvalue weighted by Crippen LogP contribution is 2.38. The Morgan fingerprint density at radius 2 is 0.855 bits per heavy atom. The molecule has 8 nitrogen and oxygen atoms in total. The van der Waals surface area contributed by atoms with Crippen LogP contribution in [0, 0.1) is 10.1 Å². The summed E-state index contributed by atoms with van der Waals surface area (Å²) in [5.74, 6) is 1.24. The van der Waals surface area contributed by atoms with Gasteiger partial charge in [-0.1, -0.05) is 121 Å². The fourth-order valence-electron chi connectivity index (χ4n) is 7.54. The number of aliphatic imine (C=N–C) groups is 2. The van der Waals surface area contributed by atoms with Gasteiger partial charge in [0.05, 0.1) is 16.3 Å². The summed E-state index contributed by atoms with van der Waals surface area (Å²) in [6.45, 7) is 5.25.